The van der Waals surface area contributed by atoms with Gasteiger partial charge in [-0.2, -0.15) is 4.68 Å². The van der Waals surface area contributed by atoms with Crippen LogP contribution in [0.4, 0.5) is 0 Å². The Labute approximate surface area is 152 Å². The monoisotopic (exact) mass is 384 g/mol. The van der Waals surface area contributed by atoms with Crippen LogP contribution in [-0.4, -0.2) is 56.0 Å². The van der Waals surface area contributed by atoms with Gasteiger partial charge in [0, 0.05) is 19.1 Å². The lowest BCUT2D eigenvalue weighted by Crippen LogP contribution is -3.16. The number of nitrogens with one attached hydrogen (secondary N) is 1. The van der Waals surface area contributed by atoms with E-state index in [9.17, 15) is 8.42 Å². The minimum atomic E-state index is -2.95. The van der Waals surface area contributed by atoms with E-state index in [0.717, 1.165) is 10.5 Å². The minimum absolute atomic E-state index is 0.0268. The zero-order valence-electron chi connectivity index (χ0n) is 14.1. The van der Waals surface area contributed by atoms with Crippen molar-refractivity contribution in [3.05, 3.63) is 35.2 Å². The van der Waals surface area contributed by atoms with Crippen molar-refractivity contribution in [3.8, 4) is 11.5 Å². The lowest BCUT2D eigenvalue weighted by atomic mass is 10.2. The third-order valence-electron chi connectivity index (χ3n) is 4.42. The van der Waals surface area contributed by atoms with Gasteiger partial charge in [-0.05, 0) is 24.4 Å². The van der Waals surface area contributed by atoms with E-state index in [1.165, 1.54) is 0 Å². The topological polar surface area (TPSA) is 78.8 Å². The first-order chi connectivity index (χ1) is 12.0. The van der Waals surface area contributed by atoms with Crippen LogP contribution >= 0.6 is 12.2 Å². The third kappa shape index (κ3) is 4.55. The molecule has 1 aromatic heterocycles. The molecule has 0 saturated carbocycles. The van der Waals surface area contributed by atoms with Crippen molar-refractivity contribution in [1.29, 1.82) is 0 Å². The van der Waals surface area contributed by atoms with Crippen LogP contribution in [0.3, 0.4) is 0 Å². The van der Waals surface area contributed by atoms with Crippen molar-refractivity contribution in [1.82, 2.24) is 9.78 Å². The van der Waals surface area contributed by atoms with Crippen molar-refractivity contribution < 1.29 is 22.5 Å². The highest BCUT2D eigenvalue weighted by atomic mass is 32.2. The van der Waals surface area contributed by atoms with Gasteiger partial charge in [-0.1, -0.05) is 18.2 Å². The molecule has 1 aliphatic heterocycles. The van der Waals surface area contributed by atoms with Crippen LogP contribution in [0, 0.1) is 4.84 Å². The van der Waals surface area contributed by atoms with Crippen molar-refractivity contribution >= 4 is 22.1 Å². The Balaban J connectivity index is 1.80. The predicted octanol–water partition coefficient (Wildman–Crippen LogP) is 0.548. The van der Waals surface area contributed by atoms with Crippen LogP contribution in [-0.2, 0) is 21.2 Å². The normalized spacial score (nSPS) is 20.6. The molecule has 1 saturated heterocycles. The number of quaternary nitrogens is 1. The number of hydrogen-bond donors (Lipinski definition) is 1. The minimum Gasteiger partial charge on any atom is -0.409 e. The highest BCUT2D eigenvalue weighted by Gasteiger charge is 2.35. The summed E-state index contributed by atoms with van der Waals surface area (Å²) in [6.07, 6.45) is 0.651. The third-order valence-corrected chi connectivity index (χ3v) is 6.48. The molecule has 9 heteroatoms. The van der Waals surface area contributed by atoms with Gasteiger partial charge in [0.2, 0.25) is 5.89 Å². The maximum absolute atomic E-state index is 11.8. The quantitative estimate of drug-likeness (QED) is 0.703. The van der Waals surface area contributed by atoms with Gasteiger partial charge in [0.15, 0.2) is 16.5 Å². The summed E-state index contributed by atoms with van der Waals surface area (Å²) in [5.41, 5.74) is 0.856. The second-order valence-electron chi connectivity index (χ2n) is 6.20. The van der Waals surface area contributed by atoms with Crippen LogP contribution in [0.25, 0.3) is 11.5 Å². The van der Waals surface area contributed by atoms with Gasteiger partial charge in [-0.25, -0.2) is 8.42 Å². The summed E-state index contributed by atoms with van der Waals surface area (Å²) in [6.45, 7) is 1.69. The highest BCUT2D eigenvalue weighted by Crippen LogP contribution is 2.16. The number of benzene rings is 1. The van der Waals surface area contributed by atoms with Crippen molar-refractivity contribution in [2.24, 2.45) is 0 Å². The Kier molecular flexibility index (Phi) is 5.67. The highest BCUT2D eigenvalue weighted by molar-refractivity contribution is 7.91. The van der Waals surface area contributed by atoms with Crippen molar-refractivity contribution in [3.63, 3.8) is 0 Å². The predicted molar refractivity (Wildman–Crippen MR) is 95.5 cm³/mol. The van der Waals surface area contributed by atoms with Crippen LogP contribution < -0.4 is 4.90 Å². The summed E-state index contributed by atoms with van der Waals surface area (Å²) in [5.74, 6) is 0.909. The average Bonchev–Trinajstić information content (AvgIpc) is 3.14. The first-order valence-corrected chi connectivity index (χ1v) is 10.4. The van der Waals surface area contributed by atoms with Crippen LogP contribution in [0.15, 0.2) is 34.7 Å². The number of hydrogen-bond acceptors (Lipinski definition) is 6. The molecule has 0 bridgehead atoms. The van der Waals surface area contributed by atoms with Gasteiger partial charge in [-0.15, -0.1) is 5.10 Å². The molecule has 1 fully saturated rings. The lowest BCUT2D eigenvalue weighted by molar-refractivity contribution is -0.945. The zero-order valence-corrected chi connectivity index (χ0v) is 15.7. The van der Waals surface area contributed by atoms with Crippen molar-refractivity contribution in [2.45, 2.75) is 19.1 Å². The maximum atomic E-state index is 11.8. The molecule has 2 aromatic rings. The van der Waals surface area contributed by atoms with Crippen LogP contribution in [0.5, 0.6) is 0 Å². The number of methoxy groups -OCH3 is 1. The van der Waals surface area contributed by atoms with Gasteiger partial charge < -0.3 is 14.1 Å². The number of sulfone groups is 1. The van der Waals surface area contributed by atoms with E-state index >= 15 is 0 Å². The van der Waals surface area contributed by atoms with E-state index in [0.29, 0.717) is 32.1 Å². The van der Waals surface area contributed by atoms with E-state index in [1.807, 2.05) is 30.3 Å². The molecule has 0 amide bonds. The van der Waals surface area contributed by atoms with E-state index in [2.05, 4.69) is 5.10 Å². The summed E-state index contributed by atoms with van der Waals surface area (Å²) >= 11 is 5.29. The molecule has 136 valence electrons. The Morgan fingerprint density at radius 2 is 2.16 bits per heavy atom. The van der Waals surface area contributed by atoms with Gasteiger partial charge >= 0.3 is 0 Å². The van der Waals surface area contributed by atoms with Gasteiger partial charge in [0.25, 0.3) is 4.84 Å². The molecule has 0 spiro atoms. The molecule has 3 rings (SSSR count). The fraction of sp³-hybridized carbons (Fsp3) is 0.500. The second-order valence-corrected chi connectivity index (χ2v) is 8.78. The van der Waals surface area contributed by atoms with E-state index < -0.39 is 9.84 Å². The van der Waals surface area contributed by atoms with E-state index in [4.69, 9.17) is 21.4 Å². The number of aromatic nitrogens is 2. The Morgan fingerprint density at radius 3 is 2.80 bits per heavy atom. The summed E-state index contributed by atoms with van der Waals surface area (Å²) in [7, 11) is -1.31. The molecule has 2 heterocycles. The van der Waals surface area contributed by atoms with Gasteiger partial charge in [0.05, 0.1) is 12.4 Å². The van der Waals surface area contributed by atoms with Gasteiger partial charge in [-0.3, -0.25) is 0 Å². The molecule has 2 atom stereocenters. The smallest absolute Gasteiger partial charge is 0.292 e. The van der Waals surface area contributed by atoms with Crippen LogP contribution in [0.1, 0.15) is 6.42 Å². The molecule has 1 aromatic carbocycles. The molecular formula is C16H22N3O4S2+. The standard InChI is InChI=1S/C16H21N3O4S2/c1-22-9-8-18(14-7-10-25(20,21)11-14)12-19-16(24)23-15(17-19)13-5-3-2-4-6-13/h2-6,14H,7-12H2,1H3/p+1/t14-/m1/s1. The van der Waals surface area contributed by atoms with Crippen LogP contribution in [0.2, 0.25) is 0 Å². The largest absolute Gasteiger partial charge is 0.409 e. The summed E-state index contributed by atoms with van der Waals surface area (Å²) in [5, 5.41) is 4.47. The summed E-state index contributed by atoms with van der Waals surface area (Å²) in [4.78, 5) is 1.38. The Hall–Kier alpha value is -1.55. The number of rotatable bonds is 7. The van der Waals surface area contributed by atoms with E-state index in [-0.39, 0.29) is 22.4 Å². The summed E-state index contributed by atoms with van der Waals surface area (Å²) < 4.78 is 36.1. The molecule has 7 nitrogen and oxygen atoms in total. The maximum Gasteiger partial charge on any atom is 0.292 e. The SMILES string of the molecule is COCC[NH+](Cn1nc(-c2ccccc2)oc1=S)[C@@H]1CCS(=O)(=O)C1. The Morgan fingerprint density at radius 1 is 1.40 bits per heavy atom. The molecule has 0 radical (unpaired) electrons. The first-order valence-electron chi connectivity index (χ1n) is 8.16. The zero-order chi connectivity index (χ0) is 17.9. The molecular weight excluding hydrogens is 362 g/mol. The number of ether oxygens (including phenoxy) is 1. The fourth-order valence-electron chi connectivity index (χ4n) is 3.06. The lowest BCUT2D eigenvalue weighted by Gasteiger charge is -2.24. The van der Waals surface area contributed by atoms with E-state index in [1.54, 1.807) is 11.8 Å². The average molecular weight is 385 g/mol. The van der Waals surface area contributed by atoms with Gasteiger partial charge in [0.1, 0.15) is 18.3 Å². The molecule has 1 N–H and O–H groups in total. The number of nitrogens with zero attached hydrogens (tertiary/aromatic N) is 2. The summed E-state index contributed by atoms with van der Waals surface area (Å²) in [6, 6.07) is 9.58. The molecule has 0 aliphatic carbocycles. The fourth-order valence-corrected chi connectivity index (χ4v) is 5.07. The first kappa shape index (κ1) is 18.2. The Bertz CT molecular complexity index is 861. The molecule has 25 heavy (non-hydrogen) atoms. The molecule has 1 unspecified atom stereocenters. The van der Waals surface area contributed by atoms with Crippen molar-refractivity contribution in [2.75, 3.05) is 31.8 Å². The molecule has 1 aliphatic rings. The second kappa shape index (κ2) is 7.77.